The minimum Gasteiger partial charge on any atom is -0.328 e. The Morgan fingerprint density at radius 1 is 1.47 bits per heavy atom. The smallest absolute Gasteiger partial charge is 0.0952 e. The van der Waals surface area contributed by atoms with E-state index in [1.54, 1.807) is 12.3 Å². The van der Waals surface area contributed by atoms with E-state index in [9.17, 15) is 0 Å². The van der Waals surface area contributed by atoms with Crippen molar-refractivity contribution in [3.8, 4) is 0 Å². The molecule has 2 aromatic rings. The van der Waals surface area contributed by atoms with Crippen LogP contribution in [0.4, 0.5) is 0 Å². The van der Waals surface area contributed by atoms with E-state index in [-0.39, 0.29) is 6.04 Å². The lowest BCUT2D eigenvalue weighted by atomic mass is 10.1. The van der Waals surface area contributed by atoms with Gasteiger partial charge in [-0.15, -0.1) is 0 Å². The second kappa shape index (κ2) is 6.14. The molecule has 0 spiro atoms. The molecule has 0 aliphatic carbocycles. The molecule has 3 heteroatoms. The fourth-order valence-corrected chi connectivity index (χ4v) is 2.14. The second-order valence-corrected chi connectivity index (χ2v) is 4.49. The zero-order valence-corrected chi connectivity index (χ0v) is 11.5. The van der Waals surface area contributed by atoms with E-state index in [0.717, 1.165) is 17.7 Å². The van der Waals surface area contributed by atoms with Gasteiger partial charge in [-0.1, -0.05) is 31.7 Å². The van der Waals surface area contributed by atoms with Crippen LogP contribution in [-0.4, -0.2) is 14.5 Å². The fraction of sp³-hybridized carbons (Fsp3) is 0.250. The summed E-state index contributed by atoms with van der Waals surface area (Å²) in [5.41, 5.74) is 3.37. The van der Waals surface area contributed by atoms with Gasteiger partial charge in [-0.25, -0.2) is 4.98 Å². The minimum atomic E-state index is 0.250. The van der Waals surface area contributed by atoms with Crippen molar-refractivity contribution in [1.29, 1.82) is 0 Å². The molecule has 0 aliphatic rings. The molecule has 1 atom stereocenters. The molecule has 0 radical (unpaired) electrons. The van der Waals surface area contributed by atoms with E-state index in [2.05, 4.69) is 47.1 Å². The SMILES string of the molecule is C=CC=C(C)c1ccc(C(CC)n2ccnc2)nc1. The van der Waals surface area contributed by atoms with Crippen molar-refractivity contribution in [2.24, 2.45) is 0 Å². The predicted octanol–water partition coefficient (Wildman–Crippen LogP) is 3.87. The highest BCUT2D eigenvalue weighted by Gasteiger charge is 2.12. The summed E-state index contributed by atoms with van der Waals surface area (Å²) in [6.45, 7) is 7.93. The van der Waals surface area contributed by atoms with Gasteiger partial charge < -0.3 is 4.57 Å². The third kappa shape index (κ3) is 2.99. The Hall–Kier alpha value is -2.16. The Bertz CT molecular complexity index is 550. The van der Waals surface area contributed by atoms with Crippen LogP contribution in [0, 0.1) is 0 Å². The highest BCUT2D eigenvalue weighted by Crippen LogP contribution is 2.21. The third-order valence-electron chi connectivity index (χ3n) is 3.22. The molecule has 2 aromatic heterocycles. The first kappa shape index (κ1) is 13.3. The molecular weight excluding hydrogens is 234 g/mol. The highest BCUT2D eigenvalue weighted by atomic mass is 15.1. The first-order valence-corrected chi connectivity index (χ1v) is 6.49. The fourth-order valence-electron chi connectivity index (χ4n) is 2.14. The number of nitrogens with zero attached hydrogens (tertiary/aromatic N) is 3. The maximum Gasteiger partial charge on any atom is 0.0952 e. The lowest BCUT2D eigenvalue weighted by Gasteiger charge is -2.16. The van der Waals surface area contributed by atoms with Crippen LogP contribution in [0.3, 0.4) is 0 Å². The van der Waals surface area contributed by atoms with Crippen molar-refractivity contribution in [1.82, 2.24) is 14.5 Å². The average Bonchev–Trinajstić information content (AvgIpc) is 2.95. The van der Waals surface area contributed by atoms with Gasteiger partial charge in [-0.2, -0.15) is 0 Å². The Morgan fingerprint density at radius 3 is 2.84 bits per heavy atom. The first-order chi connectivity index (χ1) is 9.26. The van der Waals surface area contributed by atoms with Gasteiger partial charge in [-0.3, -0.25) is 4.98 Å². The van der Waals surface area contributed by atoms with E-state index in [0.29, 0.717) is 0 Å². The van der Waals surface area contributed by atoms with Crippen molar-refractivity contribution in [3.05, 3.63) is 67.0 Å². The van der Waals surface area contributed by atoms with Crippen LogP contribution in [0.5, 0.6) is 0 Å². The van der Waals surface area contributed by atoms with Crippen LogP contribution in [0.2, 0.25) is 0 Å². The van der Waals surface area contributed by atoms with Crippen LogP contribution in [0.15, 0.2) is 55.8 Å². The van der Waals surface area contributed by atoms with Gasteiger partial charge in [0, 0.05) is 18.6 Å². The molecule has 0 aliphatic heterocycles. The van der Waals surface area contributed by atoms with Crippen molar-refractivity contribution in [2.75, 3.05) is 0 Å². The van der Waals surface area contributed by atoms with E-state index < -0.39 is 0 Å². The summed E-state index contributed by atoms with van der Waals surface area (Å²) in [5.74, 6) is 0. The van der Waals surface area contributed by atoms with Crippen molar-refractivity contribution in [2.45, 2.75) is 26.3 Å². The van der Waals surface area contributed by atoms with Crippen LogP contribution >= 0.6 is 0 Å². The van der Waals surface area contributed by atoms with Crippen molar-refractivity contribution >= 4 is 5.57 Å². The van der Waals surface area contributed by atoms with E-state index in [1.807, 2.05) is 24.8 Å². The number of imidazole rings is 1. The maximum atomic E-state index is 4.59. The van der Waals surface area contributed by atoms with Gasteiger partial charge in [-0.05, 0) is 30.5 Å². The molecule has 0 aromatic carbocycles. The lowest BCUT2D eigenvalue weighted by molar-refractivity contribution is 0.551. The molecule has 2 rings (SSSR count). The van der Waals surface area contributed by atoms with Crippen LogP contribution < -0.4 is 0 Å². The standard InChI is InChI=1S/C16H19N3/c1-4-6-13(3)14-7-8-15(18-11-14)16(5-2)19-10-9-17-12-19/h4,6-12,16H,1,5H2,2-3H3. The second-order valence-electron chi connectivity index (χ2n) is 4.49. The Labute approximate surface area is 114 Å². The monoisotopic (exact) mass is 253 g/mol. The topological polar surface area (TPSA) is 30.7 Å². The molecular formula is C16H19N3. The predicted molar refractivity (Wildman–Crippen MR) is 78.7 cm³/mol. The molecule has 0 saturated heterocycles. The third-order valence-corrected chi connectivity index (χ3v) is 3.22. The first-order valence-electron chi connectivity index (χ1n) is 6.49. The van der Waals surface area contributed by atoms with Gasteiger partial charge in [0.05, 0.1) is 18.1 Å². The molecule has 0 N–H and O–H groups in total. The summed E-state index contributed by atoms with van der Waals surface area (Å²) in [6.07, 6.45) is 12.3. The Morgan fingerprint density at radius 2 is 2.32 bits per heavy atom. The van der Waals surface area contributed by atoms with Crippen molar-refractivity contribution < 1.29 is 0 Å². The number of rotatable bonds is 5. The molecule has 3 nitrogen and oxygen atoms in total. The summed E-state index contributed by atoms with van der Waals surface area (Å²) >= 11 is 0. The zero-order chi connectivity index (χ0) is 13.7. The van der Waals surface area contributed by atoms with Gasteiger partial charge in [0.1, 0.15) is 0 Å². The van der Waals surface area contributed by atoms with Crippen LogP contribution in [0.25, 0.3) is 5.57 Å². The zero-order valence-electron chi connectivity index (χ0n) is 11.5. The Kier molecular flexibility index (Phi) is 4.29. The van der Waals surface area contributed by atoms with E-state index in [4.69, 9.17) is 0 Å². The molecule has 0 fully saturated rings. The van der Waals surface area contributed by atoms with Gasteiger partial charge >= 0.3 is 0 Å². The molecule has 98 valence electrons. The number of hydrogen-bond donors (Lipinski definition) is 0. The van der Waals surface area contributed by atoms with Gasteiger partial charge in [0.2, 0.25) is 0 Å². The summed E-state index contributed by atoms with van der Waals surface area (Å²) in [5, 5.41) is 0. The molecule has 0 bridgehead atoms. The summed E-state index contributed by atoms with van der Waals surface area (Å²) in [6, 6.07) is 4.45. The largest absolute Gasteiger partial charge is 0.328 e. The highest BCUT2D eigenvalue weighted by molar-refractivity contribution is 5.64. The maximum absolute atomic E-state index is 4.59. The van der Waals surface area contributed by atoms with Crippen LogP contribution in [-0.2, 0) is 0 Å². The quantitative estimate of drug-likeness (QED) is 0.757. The summed E-state index contributed by atoms with van der Waals surface area (Å²) in [7, 11) is 0. The van der Waals surface area contributed by atoms with E-state index >= 15 is 0 Å². The average molecular weight is 253 g/mol. The number of hydrogen-bond acceptors (Lipinski definition) is 2. The molecule has 0 saturated carbocycles. The number of aromatic nitrogens is 3. The molecule has 0 amide bonds. The minimum absolute atomic E-state index is 0.250. The Balaban J connectivity index is 2.27. The lowest BCUT2D eigenvalue weighted by Crippen LogP contribution is -2.09. The molecule has 19 heavy (non-hydrogen) atoms. The summed E-state index contributed by atoms with van der Waals surface area (Å²) in [4.78, 5) is 8.69. The van der Waals surface area contributed by atoms with Gasteiger partial charge in [0.25, 0.3) is 0 Å². The number of pyridine rings is 1. The molecule has 2 heterocycles. The van der Waals surface area contributed by atoms with Crippen LogP contribution in [0.1, 0.15) is 37.6 Å². The normalized spacial score (nSPS) is 13.3. The van der Waals surface area contributed by atoms with Crippen molar-refractivity contribution in [3.63, 3.8) is 0 Å². The van der Waals surface area contributed by atoms with Gasteiger partial charge in [0.15, 0.2) is 0 Å². The molecule has 1 unspecified atom stereocenters. The van der Waals surface area contributed by atoms with E-state index in [1.165, 1.54) is 5.57 Å². The number of allylic oxidation sites excluding steroid dienone is 3. The summed E-state index contributed by atoms with van der Waals surface area (Å²) < 4.78 is 2.09.